The highest BCUT2D eigenvalue weighted by Gasteiger charge is 2.25. The first kappa shape index (κ1) is 26.0. The number of nitrogens with two attached hydrogens (primary N) is 1. The molecule has 2 N–H and O–H groups in total. The summed E-state index contributed by atoms with van der Waals surface area (Å²) in [6, 6.07) is 6.78. The third-order valence-electron chi connectivity index (χ3n) is 7.62. The van der Waals surface area contributed by atoms with Crippen molar-refractivity contribution in [2.24, 2.45) is 7.05 Å². The van der Waals surface area contributed by atoms with Crippen molar-refractivity contribution in [1.29, 1.82) is 0 Å². The van der Waals surface area contributed by atoms with Crippen molar-refractivity contribution in [3.63, 3.8) is 0 Å². The smallest absolute Gasteiger partial charge is 0.261 e. The molecule has 0 unspecified atom stereocenters. The fourth-order valence-electron chi connectivity index (χ4n) is 5.51. The molecular weight excluding hydrogens is 539 g/mol. The number of benzene rings is 1. The van der Waals surface area contributed by atoms with Crippen LogP contribution in [0.5, 0.6) is 0 Å². The highest BCUT2D eigenvalue weighted by atomic mass is 19.1. The summed E-state index contributed by atoms with van der Waals surface area (Å²) in [6.45, 7) is 6.02. The standard InChI is InChI=1S/C29H29FN10O2/c1-18-32-12-26-28(31)35-24-10-23(30)22(9-25(24)40(18)26)29(41)39(21-11-33-36(2)17-21)16-20-15-38-14-19(3-4-27(38)34-20)13-37-5-7-42-8-6-37/h3-4,9-12,14-15,17H,5-8,13,16H2,1-2H3,(H2,31,35). The summed E-state index contributed by atoms with van der Waals surface area (Å²) in [5.74, 6) is -0.349. The van der Waals surface area contributed by atoms with Crippen LogP contribution in [0.1, 0.15) is 27.4 Å². The molecule has 1 aromatic carbocycles. The summed E-state index contributed by atoms with van der Waals surface area (Å²) in [4.78, 5) is 31.3. The van der Waals surface area contributed by atoms with Crippen molar-refractivity contribution in [3.8, 4) is 0 Å². The maximum atomic E-state index is 15.5. The number of amides is 1. The molecule has 0 atom stereocenters. The van der Waals surface area contributed by atoms with E-state index < -0.39 is 11.7 Å². The number of ether oxygens (including phenoxy) is 1. The third-order valence-corrected chi connectivity index (χ3v) is 7.62. The predicted molar refractivity (Wildman–Crippen MR) is 155 cm³/mol. The average Bonchev–Trinajstić information content (AvgIpc) is 3.70. The molecule has 1 aliphatic heterocycles. The molecule has 1 saturated heterocycles. The van der Waals surface area contributed by atoms with E-state index in [2.05, 4.69) is 32.2 Å². The lowest BCUT2D eigenvalue weighted by atomic mass is 10.1. The van der Waals surface area contributed by atoms with Crippen molar-refractivity contribution < 1.29 is 13.9 Å². The summed E-state index contributed by atoms with van der Waals surface area (Å²) in [5.41, 5.74) is 10.5. The Morgan fingerprint density at radius 3 is 2.71 bits per heavy atom. The maximum absolute atomic E-state index is 15.5. The van der Waals surface area contributed by atoms with Crippen molar-refractivity contribution >= 4 is 39.6 Å². The molecule has 214 valence electrons. The molecule has 1 amide bonds. The number of aryl methyl sites for hydroxylation is 2. The number of carbonyl (C=O) groups excluding carboxylic acids is 1. The summed E-state index contributed by atoms with van der Waals surface area (Å²) < 4.78 is 26.3. The van der Waals surface area contributed by atoms with Gasteiger partial charge in [-0.1, -0.05) is 6.07 Å². The minimum Gasteiger partial charge on any atom is -0.382 e. The normalized spacial score (nSPS) is 14.4. The second-order valence-electron chi connectivity index (χ2n) is 10.5. The number of hydrogen-bond acceptors (Lipinski definition) is 8. The van der Waals surface area contributed by atoms with E-state index in [0.717, 1.165) is 44.1 Å². The van der Waals surface area contributed by atoms with Crippen molar-refractivity contribution in [2.75, 3.05) is 36.9 Å². The topological polar surface area (TPSA) is 124 Å². The number of carbonyl (C=O) groups is 1. The van der Waals surface area contributed by atoms with Gasteiger partial charge in [0, 0.05) is 51.3 Å². The molecule has 42 heavy (non-hydrogen) atoms. The van der Waals surface area contributed by atoms with Gasteiger partial charge in [-0.15, -0.1) is 0 Å². The van der Waals surface area contributed by atoms with Crippen molar-refractivity contribution in [1.82, 2.24) is 38.4 Å². The van der Waals surface area contributed by atoms with Crippen molar-refractivity contribution in [3.05, 3.63) is 83.7 Å². The number of halogens is 1. The quantitative estimate of drug-likeness (QED) is 0.325. The average molecular weight is 569 g/mol. The summed E-state index contributed by atoms with van der Waals surface area (Å²) in [6.07, 6.45) is 8.86. The summed E-state index contributed by atoms with van der Waals surface area (Å²) in [5, 5.41) is 4.25. The second kappa shape index (κ2) is 10.2. The van der Waals surface area contributed by atoms with Gasteiger partial charge in [0.25, 0.3) is 5.91 Å². The molecule has 0 saturated carbocycles. The van der Waals surface area contributed by atoms with Crippen LogP contribution in [0.25, 0.3) is 22.2 Å². The Kier molecular flexibility index (Phi) is 6.32. The zero-order valence-corrected chi connectivity index (χ0v) is 23.2. The lowest BCUT2D eigenvalue weighted by Crippen LogP contribution is -2.35. The lowest BCUT2D eigenvalue weighted by molar-refractivity contribution is 0.0341. The zero-order valence-electron chi connectivity index (χ0n) is 23.2. The van der Waals surface area contributed by atoms with Gasteiger partial charge in [-0.25, -0.2) is 19.3 Å². The van der Waals surface area contributed by atoms with Gasteiger partial charge in [-0.05, 0) is 24.6 Å². The molecule has 7 rings (SSSR count). The molecule has 6 aromatic rings. The third kappa shape index (κ3) is 4.62. The minimum atomic E-state index is -0.701. The molecule has 13 heteroatoms. The number of aromatic nitrogens is 7. The predicted octanol–water partition coefficient (Wildman–Crippen LogP) is 2.97. The van der Waals surface area contributed by atoms with Crippen LogP contribution in [0.4, 0.5) is 15.9 Å². The van der Waals surface area contributed by atoms with Gasteiger partial charge in [-0.2, -0.15) is 5.10 Å². The zero-order chi connectivity index (χ0) is 29.0. The minimum absolute atomic E-state index is 0.108. The fourth-order valence-corrected chi connectivity index (χ4v) is 5.51. The molecule has 5 aromatic heterocycles. The van der Waals surface area contributed by atoms with E-state index in [1.165, 1.54) is 17.0 Å². The number of hydrogen-bond donors (Lipinski definition) is 1. The first-order valence-electron chi connectivity index (χ1n) is 13.6. The van der Waals surface area contributed by atoms with Gasteiger partial charge in [0.05, 0.1) is 60.1 Å². The number of fused-ring (bicyclic) bond motifs is 4. The van der Waals surface area contributed by atoms with E-state index in [0.29, 0.717) is 33.8 Å². The van der Waals surface area contributed by atoms with Crippen LogP contribution in [-0.4, -0.2) is 70.6 Å². The molecular formula is C29H29FN10O2. The number of nitrogens with zero attached hydrogens (tertiary/aromatic N) is 9. The fraction of sp³-hybridized carbons (Fsp3) is 0.276. The molecule has 12 nitrogen and oxygen atoms in total. The lowest BCUT2D eigenvalue weighted by Gasteiger charge is -2.26. The number of pyridine rings is 1. The van der Waals surface area contributed by atoms with Gasteiger partial charge < -0.3 is 14.9 Å². The highest BCUT2D eigenvalue weighted by Crippen LogP contribution is 2.27. The Hall–Kier alpha value is -4.88. The number of morpholine rings is 1. The van der Waals surface area contributed by atoms with E-state index in [-0.39, 0.29) is 17.9 Å². The van der Waals surface area contributed by atoms with Crippen molar-refractivity contribution in [2.45, 2.75) is 20.0 Å². The van der Waals surface area contributed by atoms with E-state index >= 15 is 4.39 Å². The van der Waals surface area contributed by atoms with E-state index in [9.17, 15) is 4.79 Å². The largest absolute Gasteiger partial charge is 0.382 e. The van der Waals surface area contributed by atoms with E-state index in [4.69, 9.17) is 15.5 Å². The molecule has 0 radical (unpaired) electrons. The molecule has 1 aliphatic rings. The van der Waals surface area contributed by atoms with Gasteiger partial charge in [-0.3, -0.25) is 23.7 Å². The molecule has 0 aliphatic carbocycles. The van der Waals surface area contributed by atoms with Gasteiger partial charge in [0.15, 0.2) is 0 Å². The number of rotatable bonds is 6. The monoisotopic (exact) mass is 568 g/mol. The van der Waals surface area contributed by atoms with Crippen LogP contribution in [0.2, 0.25) is 0 Å². The second-order valence-corrected chi connectivity index (χ2v) is 10.5. The van der Waals surface area contributed by atoms with Crippen LogP contribution in [-0.2, 0) is 24.9 Å². The van der Waals surface area contributed by atoms with Gasteiger partial charge >= 0.3 is 0 Å². The van der Waals surface area contributed by atoms with Crippen LogP contribution >= 0.6 is 0 Å². The Morgan fingerprint density at radius 1 is 1.10 bits per heavy atom. The number of imidazole rings is 2. The Labute approximate surface area is 239 Å². The van der Waals surface area contributed by atoms with Crippen LogP contribution in [0, 0.1) is 12.7 Å². The Morgan fingerprint density at radius 2 is 1.93 bits per heavy atom. The van der Waals surface area contributed by atoms with E-state index in [1.807, 2.05) is 23.6 Å². The van der Waals surface area contributed by atoms with Crippen LogP contribution in [0.15, 0.2) is 55.2 Å². The number of anilines is 2. The maximum Gasteiger partial charge on any atom is 0.261 e. The van der Waals surface area contributed by atoms with E-state index in [1.54, 1.807) is 34.7 Å². The van der Waals surface area contributed by atoms with Crippen LogP contribution < -0.4 is 10.6 Å². The summed E-state index contributed by atoms with van der Waals surface area (Å²) in [7, 11) is 1.76. The Balaban J connectivity index is 1.25. The molecule has 6 heterocycles. The number of nitrogen functional groups attached to an aromatic ring is 1. The molecule has 0 bridgehead atoms. The SMILES string of the molecule is Cc1ncc2c(N)nc3cc(F)c(C(=O)N(Cc4cn5cc(CN6CCOCC6)ccc5n4)c4cnn(C)c4)cc3n12. The van der Waals surface area contributed by atoms with Gasteiger partial charge in [0.1, 0.15) is 28.6 Å². The first-order chi connectivity index (χ1) is 20.3. The van der Waals surface area contributed by atoms with Gasteiger partial charge in [0.2, 0.25) is 0 Å². The highest BCUT2D eigenvalue weighted by molar-refractivity contribution is 6.07. The summed E-state index contributed by atoms with van der Waals surface area (Å²) >= 11 is 0. The van der Waals surface area contributed by atoms with Crippen LogP contribution in [0.3, 0.4) is 0 Å². The molecule has 1 fully saturated rings. The molecule has 0 spiro atoms. The Bertz CT molecular complexity index is 1970. The first-order valence-corrected chi connectivity index (χ1v) is 13.6.